The zero-order valence-electron chi connectivity index (χ0n) is 20.4. The fourth-order valence-electron chi connectivity index (χ4n) is 3.71. The molecule has 1 aliphatic rings. The maximum Gasteiger partial charge on any atom is 0.259 e. The van der Waals surface area contributed by atoms with Gasteiger partial charge in [-0.1, -0.05) is 18.8 Å². The van der Waals surface area contributed by atoms with Crippen molar-refractivity contribution in [3.05, 3.63) is 47.7 Å². The fraction of sp³-hybridized carbons (Fsp3) is 0.520. The van der Waals surface area contributed by atoms with Crippen molar-refractivity contribution in [2.45, 2.75) is 52.0 Å². The molecule has 0 saturated heterocycles. The quantitative estimate of drug-likeness (QED) is 0.613. The number of aromatic nitrogens is 3. The van der Waals surface area contributed by atoms with Crippen LogP contribution in [0, 0.1) is 17.8 Å². The van der Waals surface area contributed by atoms with Crippen LogP contribution in [0.4, 0.5) is 0 Å². The first-order chi connectivity index (χ1) is 16.1. The Morgan fingerprint density at radius 1 is 1.32 bits per heavy atom. The maximum atomic E-state index is 13.4. The van der Waals surface area contributed by atoms with Gasteiger partial charge in [-0.15, -0.1) is 0 Å². The highest BCUT2D eigenvalue weighted by Gasteiger charge is 2.34. The molecule has 34 heavy (non-hydrogen) atoms. The van der Waals surface area contributed by atoms with Crippen LogP contribution in [-0.2, 0) is 6.54 Å². The number of pyridine rings is 1. The number of aliphatic hydroxyl groups excluding tert-OH is 1. The summed E-state index contributed by atoms with van der Waals surface area (Å²) in [5.41, 5.74) is 0.610. The molecule has 2 aromatic heterocycles. The fourth-order valence-corrected chi connectivity index (χ4v) is 3.71. The standard InChI is InChI=1S/C25H33N5O4/c1-17-12-30(18(2)15-31)24(32)21-8-19(6-7-25(3,4)33)11-28-23(21)34-22(17)14-29(5)13-20-9-26-16-27-10-20/h8-11,16-18,22,31,33H,12-15H2,1-5H3/t17-,18+,22-/m1/s1. The van der Waals surface area contributed by atoms with Gasteiger partial charge in [0.25, 0.3) is 5.91 Å². The van der Waals surface area contributed by atoms with E-state index in [0.717, 1.165) is 5.56 Å². The molecule has 9 nitrogen and oxygen atoms in total. The van der Waals surface area contributed by atoms with Crippen molar-refractivity contribution < 1.29 is 19.7 Å². The first kappa shape index (κ1) is 25.6. The number of hydrogen-bond acceptors (Lipinski definition) is 8. The molecular formula is C25H33N5O4. The van der Waals surface area contributed by atoms with E-state index in [1.807, 2.05) is 20.9 Å². The summed E-state index contributed by atoms with van der Waals surface area (Å²) in [5.74, 6) is 5.57. The van der Waals surface area contributed by atoms with Gasteiger partial charge in [0, 0.05) is 55.3 Å². The van der Waals surface area contributed by atoms with Gasteiger partial charge in [-0.2, -0.15) is 0 Å². The minimum absolute atomic E-state index is 0.0166. The highest BCUT2D eigenvalue weighted by Crippen LogP contribution is 2.27. The first-order valence-corrected chi connectivity index (χ1v) is 11.3. The zero-order valence-corrected chi connectivity index (χ0v) is 20.4. The molecular weight excluding hydrogens is 434 g/mol. The third-order valence-corrected chi connectivity index (χ3v) is 5.59. The monoisotopic (exact) mass is 467 g/mol. The molecule has 0 radical (unpaired) electrons. The number of carbonyl (C=O) groups excluding carboxylic acids is 1. The Labute approximate surface area is 200 Å². The van der Waals surface area contributed by atoms with Gasteiger partial charge in [0.15, 0.2) is 0 Å². The molecule has 1 amide bonds. The van der Waals surface area contributed by atoms with Gasteiger partial charge in [-0.25, -0.2) is 15.0 Å². The molecule has 3 heterocycles. The predicted molar refractivity (Wildman–Crippen MR) is 127 cm³/mol. The number of fused-ring (bicyclic) bond motifs is 1. The Morgan fingerprint density at radius 3 is 2.68 bits per heavy atom. The highest BCUT2D eigenvalue weighted by atomic mass is 16.5. The molecule has 182 valence electrons. The van der Waals surface area contributed by atoms with E-state index in [2.05, 4.69) is 31.7 Å². The van der Waals surface area contributed by atoms with Gasteiger partial charge in [-0.05, 0) is 33.9 Å². The average Bonchev–Trinajstić information content (AvgIpc) is 2.79. The Bertz CT molecular complexity index is 1040. The summed E-state index contributed by atoms with van der Waals surface area (Å²) < 4.78 is 6.30. The molecule has 3 atom stereocenters. The Morgan fingerprint density at radius 2 is 2.03 bits per heavy atom. The van der Waals surface area contributed by atoms with E-state index in [-0.39, 0.29) is 36.5 Å². The van der Waals surface area contributed by atoms with Gasteiger partial charge in [-0.3, -0.25) is 9.69 Å². The van der Waals surface area contributed by atoms with Crippen LogP contribution in [0.5, 0.6) is 5.88 Å². The van der Waals surface area contributed by atoms with E-state index in [4.69, 9.17) is 4.74 Å². The highest BCUT2D eigenvalue weighted by molar-refractivity contribution is 5.97. The number of likely N-dealkylation sites (N-methyl/N-ethyl adjacent to an activating group) is 1. The molecule has 9 heteroatoms. The smallest absolute Gasteiger partial charge is 0.259 e. The van der Waals surface area contributed by atoms with Crippen molar-refractivity contribution in [2.75, 3.05) is 26.7 Å². The predicted octanol–water partition coefficient (Wildman–Crippen LogP) is 1.35. The van der Waals surface area contributed by atoms with Crippen LogP contribution in [0.3, 0.4) is 0 Å². The second-order valence-corrected chi connectivity index (χ2v) is 9.45. The van der Waals surface area contributed by atoms with Gasteiger partial charge in [0.05, 0.1) is 12.6 Å². The Hall–Kier alpha value is -3.06. The van der Waals surface area contributed by atoms with Crippen LogP contribution < -0.4 is 4.74 Å². The molecule has 2 N–H and O–H groups in total. The van der Waals surface area contributed by atoms with Crippen LogP contribution in [0.1, 0.15) is 49.2 Å². The number of amides is 1. The molecule has 0 fully saturated rings. The van der Waals surface area contributed by atoms with Gasteiger partial charge in [0.1, 0.15) is 23.6 Å². The lowest BCUT2D eigenvalue weighted by molar-refractivity contribution is 0.0325. The lowest BCUT2D eigenvalue weighted by atomic mass is 9.99. The van der Waals surface area contributed by atoms with Crippen molar-refractivity contribution in [3.8, 4) is 17.7 Å². The van der Waals surface area contributed by atoms with Crippen LogP contribution in [0.25, 0.3) is 0 Å². The Balaban J connectivity index is 1.92. The first-order valence-electron chi connectivity index (χ1n) is 11.3. The van der Waals surface area contributed by atoms with Crippen LogP contribution in [-0.4, -0.2) is 85.4 Å². The molecule has 0 aromatic carbocycles. The number of hydrogen-bond donors (Lipinski definition) is 2. The summed E-state index contributed by atoms with van der Waals surface area (Å²) in [5, 5.41) is 19.7. The van der Waals surface area contributed by atoms with Crippen molar-refractivity contribution in [2.24, 2.45) is 5.92 Å². The number of nitrogens with zero attached hydrogens (tertiary/aromatic N) is 5. The normalized spacial score (nSPS) is 19.4. The molecule has 0 spiro atoms. The number of ether oxygens (including phenoxy) is 1. The van der Waals surface area contributed by atoms with Gasteiger partial charge < -0.3 is 19.8 Å². The van der Waals surface area contributed by atoms with E-state index in [1.54, 1.807) is 43.4 Å². The topological polar surface area (TPSA) is 112 Å². The minimum Gasteiger partial charge on any atom is -0.472 e. The van der Waals surface area contributed by atoms with Crippen molar-refractivity contribution in [1.82, 2.24) is 24.8 Å². The summed E-state index contributed by atoms with van der Waals surface area (Å²) in [7, 11) is 1.99. The second-order valence-electron chi connectivity index (χ2n) is 9.45. The minimum atomic E-state index is -1.17. The van der Waals surface area contributed by atoms with E-state index < -0.39 is 5.60 Å². The summed E-state index contributed by atoms with van der Waals surface area (Å²) in [6.07, 6.45) is 6.35. The third-order valence-electron chi connectivity index (χ3n) is 5.59. The SMILES string of the molecule is C[C@@H]1CN([C@@H](C)CO)C(=O)c2cc(C#CC(C)(C)O)cnc2O[C@@H]1CN(C)Cc1cncnc1. The summed E-state index contributed by atoms with van der Waals surface area (Å²) in [4.78, 5) is 29.8. The molecule has 0 bridgehead atoms. The van der Waals surface area contributed by atoms with Crippen molar-refractivity contribution >= 4 is 5.91 Å². The maximum absolute atomic E-state index is 13.4. The van der Waals surface area contributed by atoms with E-state index in [1.165, 1.54) is 6.33 Å². The molecule has 0 unspecified atom stereocenters. The molecule has 2 aromatic rings. The summed E-state index contributed by atoms with van der Waals surface area (Å²) in [6.45, 7) is 8.53. The van der Waals surface area contributed by atoms with Crippen molar-refractivity contribution in [1.29, 1.82) is 0 Å². The number of rotatable bonds is 6. The largest absolute Gasteiger partial charge is 0.472 e. The zero-order chi connectivity index (χ0) is 24.9. The van der Waals surface area contributed by atoms with Crippen LogP contribution >= 0.6 is 0 Å². The average molecular weight is 468 g/mol. The summed E-state index contributed by atoms with van der Waals surface area (Å²) in [6, 6.07) is 1.27. The second kappa shape index (κ2) is 10.9. The van der Waals surface area contributed by atoms with Gasteiger partial charge >= 0.3 is 0 Å². The lowest BCUT2D eigenvalue weighted by Crippen LogP contribution is -2.49. The van der Waals surface area contributed by atoms with E-state index in [0.29, 0.717) is 30.8 Å². The third kappa shape index (κ3) is 6.73. The summed E-state index contributed by atoms with van der Waals surface area (Å²) >= 11 is 0. The molecule has 1 aliphatic heterocycles. The van der Waals surface area contributed by atoms with Crippen molar-refractivity contribution in [3.63, 3.8) is 0 Å². The van der Waals surface area contributed by atoms with E-state index in [9.17, 15) is 15.0 Å². The van der Waals surface area contributed by atoms with E-state index >= 15 is 0 Å². The van der Waals surface area contributed by atoms with Crippen LogP contribution in [0.15, 0.2) is 31.0 Å². The molecule has 0 saturated carbocycles. The molecule has 0 aliphatic carbocycles. The number of carbonyl (C=O) groups is 1. The molecule has 3 rings (SSSR count). The van der Waals surface area contributed by atoms with Crippen LogP contribution in [0.2, 0.25) is 0 Å². The lowest BCUT2D eigenvalue weighted by Gasteiger charge is -2.37. The number of aliphatic hydroxyl groups is 2. The Kier molecular flexibility index (Phi) is 8.20. The van der Waals surface area contributed by atoms with Gasteiger partial charge in [0.2, 0.25) is 5.88 Å².